The molecule has 1 unspecified atom stereocenters. The molecule has 11 heavy (non-hydrogen) atoms. The van der Waals surface area contributed by atoms with Gasteiger partial charge in [0.1, 0.15) is 5.76 Å². The first-order valence-electron chi connectivity index (χ1n) is 4.01. The lowest BCUT2D eigenvalue weighted by Crippen LogP contribution is -2.20. The van der Waals surface area contributed by atoms with Crippen LogP contribution >= 0.6 is 0 Å². The summed E-state index contributed by atoms with van der Waals surface area (Å²) in [5, 5.41) is 0. The Morgan fingerprint density at radius 2 is 2.09 bits per heavy atom. The molecule has 1 heteroatoms. The van der Waals surface area contributed by atoms with Crippen LogP contribution in [0.5, 0.6) is 0 Å². The Labute approximate surface area is 68.8 Å². The average molecular weight is 152 g/mol. The molecule has 0 saturated carbocycles. The molecule has 0 spiro atoms. The fraction of sp³-hybridized carbons (Fsp3) is 0.600. The highest BCUT2D eigenvalue weighted by Gasteiger charge is 2.24. The van der Waals surface area contributed by atoms with Gasteiger partial charge in [-0.2, -0.15) is 0 Å². The molecule has 0 aromatic rings. The molecule has 0 radical (unpaired) electrons. The maximum atomic E-state index is 5.15. The van der Waals surface area contributed by atoms with E-state index in [1.165, 1.54) is 0 Å². The molecule has 1 aliphatic rings. The monoisotopic (exact) mass is 152 g/mol. The van der Waals surface area contributed by atoms with Gasteiger partial charge in [0.05, 0.1) is 7.11 Å². The Bertz CT molecular complexity index is 199. The van der Waals surface area contributed by atoms with E-state index in [-0.39, 0.29) is 5.41 Å². The van der Waals surface area contributed by atoms with E-state index in [1.54, 1.807) is 7.11 Å². The lowest BCUT2D eigenvalue weighted by Gasteiger charge is -2.29. The van der Waals surface area contributed by atoms with Gasteiger partial charge in [0, 0.05) is 0 Å². The van der Waals surface area contributed by atoms with E-state index in [4.69, 9.17) is 4.74 Å². The quantitative estimate of drug-likeness (QED) is 0.561. The minimum atomic E-state index is 0.236. The van der Waals surface area contributed by atoms with Crippen LogP contribution in [0.2, 0.25) is 0 Å². The summed E-state index contributed by atoms with van der Waals surface area (Å²) in [6.07, 6.45) is 6.41. The van der Waals surface area contributed by atoms with Crippen molar-refractivity contribution in [2.45, 2.75) is 20.8 Å². The third kappa shape index (κ3) is 1.65. The second-order valence-corrected chi connectivity index (χ2v) is 3.72. The number of hydrogen-bond acceptors (Lipinski definition) is 1. The summed E-state index contributed by atoms with van der Waals surface area (Å²) in [4.78, 5) is 0. The zero-order valence-corrected chi connectivity index (χ0v) is 7.72. The van der Waals surface area contributed by atoms with Crippen LogP contribution in [0.3, 0.4) is 0 Å². The zero-order valence-electron chi connectivity index (χ0n) is 7.72. The molecule has 0 aromatic carbocycles. The van der Waals surface area contributed by atoms with Crippen LogP contribution in [0.15, 0.2) is 24.0 Å². The van der Waals surface area contributed by atoms with Crippen LogP contribution < -0.4 is 0 Å². The minimum absolute atomic E-state index is 0.236. The van der Waals surface area contributed by atoms with Gasteiger partial charge in [-0.3, -0.25) is 0 Å². The highest BCUT2D eigenvalue weighted by atomic mass is 16.5. The van der Waals surface area contributed by atoms with Crippen LogP contribution in [0.25, 0.3) is 0 Å². The first kappa shape index (κ1) is 8.38. The number of methoxy groups -OCH3 is 1. The Hall–Kier alpha value is -0.720. The smallest absolute Gasteiger partial charge is 0.115 e. The fourth-order valence-corrected chi connectivity index (χ4v) is 1.16. The number of allylic oxidation sites excluding steroid dienone is 3. The van der Waals surface area contributed by atoms with E-state index in [1.807, 2.05) is 6.08 Å². The van der Waals surface area contributed by atoms with Crippen LogP contribution in [-0.4, -0.2) is 7.11 Å². The van der Waals surface area contributed by atoms with Crippen molar-refractivity contribution < 1.29 is 4.74 Å². The maximum Gasteiger partial charge on any atom is 0.115 e. The van der Waals surface area contributed by atoms with Crippen molar-refractivity contribution in [2.75, 3.05) is 7.11 Å². The summed E-state index contributed by atoms with van der Waals surface area (Å²) < 4.78 is 5.15. The van der Waals surface area contributed by atoms with Gasteiger partial charge in [-0.25, -0.2) is 0 Å². The van der Waals surface area contributed by atoms with Gasteiger partial charge < -0.3 is 4.74 Å². The molecule has 62 valence electrons. The summed E-state index contributed by atoms with van der Waals surface area (Å²) in [5.74, 6) is 1.58. The molecule has 0 amide bonds. The second kappa shape index (κ2) is 2.72. The van der Waals surface area contributed by atoms with Gasteiger partial charge in [0.2, 0.25) is 0 Å². The number of hydrogen-bond donors (Lipinski definition) is 0. The van der Waals surface area contributed by atoms with Gasteiger partial charge in [0.15, 0.2) is 0 Å². The Morgan fingerprint density at radius 3 is 2.55 bits per heavy atom. The minimum Gasteiger partial charge on any atom is -0.497 e. The maximum absolute atomic E-state index is 5.15. The van der Waals surface area contributed by atoms with E-state index < -0.39 is 0 Å². The Morgan fingerprint density at radius 1 is 1.45 bits per heavy atom. The van der Waals surface area contributed by atoms with Crippen molar-refractivity contribution in [2.24, 2.45) is 11.3 Å². The van der Waals surface area contributed by atoms with Crippen LogP contribution in [0.4, 0.5) is 0 Å². The van der Waals surface area contributed by atoms with Gasteiger partial charge in [0.25, 0.3) is 0 Å². The molecule has 0 heterocycles. The van der Waals surface area contributed by atoms with Gasteiger partial charge >= 0.3 is 0 Å². The SMILES string of the molecule is COC1=CC(C)(C)C(C)C=C1. The molecule has 0 bridgehead atoms. The molecule has 0 N–H and O–H groups in total. The lowest BCUT2D eigenvalue weighted by atomic mass is 9.77. The molecule has 0 aliphatic heterocycles. The van der Waals surface area contributed by atoms with Crippen molar-refractivity contribution in [1.82, 2.24) is 0 Å². The van der Waals surface area contributed by atoms with E-state index in [0.29, 0.717) is 5.92 Å². The number of ether oxygens (including phenoxy) is 1. The molecule has 0 saturated heterocycles. The van der Waals surface area contributed by atoms with E-state index >= 15 is 0 Å². The zero-order chi connectivity index (χ0) is 8.48. The molecule has 0 fully saturated rings. The van der Waals surface area contributed by atoms with Gasteiger partial charge in [-0.1, -0.05) is 26.8 Å². The van der Waals surface area contributed by atoms with Gasteiger partial charge in [-0.05, 0) is 23.5 Å². The first-order chi connectivity index (χ1) is 5.06. The van der Waals surface area contributed by atoms with Crippen molar-refractivity contribution in [3.05, 3.63) is 24.0 Å². The van der Waals surface area contributed by atoms with Gasteiger partial charge in [-0.15, -0.1) is 0 Å². The summed E-state index contributed by atoms with van der Waals surface area (Å²) >= 11 is 0. The van der Waals surface area contributed by atoms with Crippen molar-refractivity contribution in [3.63, 3.8) is 0 Å². The third-order valence-corrected chi connectivity index (χ3v) is 2.47. The topological polar surface area (TPSA) is 9.23 Å². The van der Waals surface area contributed by atoms with E-state index in [9.17, 15) is 0 Å². The summed E-state index contributed by atoms with van der Waals surface area (Å²) in [6.45, 7) is 6.67. The molecule has 1 rings (SSSR count). The lowest BCUT2D eigenvalue weighted by molar-refractivity contribution is 0.274. The molecule has 1 nitrogen and oxygen atoms in total. The molecule has 1 atom stereocenters. The molecular formula is C10H16O. The standard InChI is InChI=1S/C10H16O/c1-8-5-6-9(11-4)7-10(8,2)3/h5-8H,1-4H3. The Balaban J connectivity index is 2.84. The average Bonchev–Trinajstić information content (AvgIpc) is 1.95. The van der Waals surface area contributed by atoms with E-state index in [2.05, 4.69) is 32.9 Å². The predicted octanol–water partition coefficient (Wildman–Crippen LogP) is 2.75. The van der Waals surface area contributed by atoms with Crippen molar-refractivity contribution >= 4 is 0 Å². The highest BCUT2D eigenvalue weighted by molar-refractivity contribution is 5.23. The second-order valence-electron chi connectivity index (χ2n) is 3.72. The third-order valence-electron chi connectivity index (χ3n) is 2.47. The largest absolute Gasteiger partial charge is 0.497 e. The van der Waals surface area contributed by atoms with Crippen molar-refractivity contribution in [1.29, 1.82) is 0 Å². The highest BCUT2D eigenvalue weighted by Crippen LogP contribution is 2.34. The summed E-state index contributed by atoms with van der Waals surface area (Å²) in [5.41, 5.74) is 0.236. The summed E-state index contributed by atoms with van der Waals surface area (Å²) in [6, 6.07) is 0. The van der Waals surface area contributed by atoms with Crippen LogP contribution in [0, 0.1) is 11.3 Å². The van der Waals surface area contributed by atoms with Crippen LogP contribution in [-0.2, 0) is 4.74 Å². The first-order valence-corrected chi connectivity index (χ1v) is 4.01. The number of rotatable bonds is 1. The molecule has 1 aliphatic carbocycles. The van der Waals surface area contributed by atoms with Crippen LogP contribution in [0.1, 0.15) is 20.8 Å². The summed E-state index contributed by atoms with van der Waals surface area (Å²) in [7, 11) is 1.71. The molecular weight excluding hydrogens is 136 g/mol. The normalized spacial score (nSPS) is 28.0. The van der Waals surface area contributed by atoms with E-state index in [0.717, 1.165) is 5.76 Å². The Kier molecular flexibility index (Phi) is 2.08. The van der Waals surface area contributed by atoms with Crippen molar-refractivity contribution in [3.8, 4) is 0 Å². The fourth-order valence-electron chi connectivity index (χ4n) is 1.16. The molecule has 0 aromatic heterocycles. The predicted molar refractivity (Wildman–Crippen MR) is 47.2 cm³/mol.